The zero-order valence-electron chi connectivity index (χ0n) is 17.8. The number of methoxy groups -OCH3 is 2. The van der Waals surface area contributed by atoms with Crippen LogP contribution in [0.4, 0.5) is 5.69 Å². The summed E-state index contributed by atoms with van der Waals surface area (Å²) in [7, 11) is 3.40. The quantitative estimate of drug-likeness (QED) is 0.433. The molecule has 0 radical (unpaired) electrons. The van der Waals surface area contributed by atoms with Crippen LogP contribution in [0, 0.1) is 0 Å². The largest absolute Gasteiger partial charge is 0.497 e. The van der Waals surface area contributed by atoms with Gasteiger partial charge < -0.3 is 14.4 Å². The van der Waals surface area contributed by atoms with E-state index in [9.17, 15) is 0 Å². The molecule has 0 spiro atoms. The van der Waals surface area contributed by atoms with Crippen LogP contribution in [0.25, 0.3) is 0 Å². The molecular formula is C24H37NO2. The van der Waals surface area contributed by atoms with Crippen LogP contribution in [-0.4, -0.2) is 20.8 Å². The summed E-state index contributed by atoms with van der Waals surface area (Å²) in [5.41, 5.74) is 2.52. The van der Waals surface area contributed by atoms with Crippen molar-refractivity contribution in [2.24, 2.45) is 0 Å². The first-order valence-electron chi connectivity index (χ1n) is 10.2. The van der Waals surface area contributed by atoms with Gasteiger partial charge in [0.1, 0.15) is 11.5 Å². The summed E-state index contributed by atoms with van der Waals surface area (Å²) in [5.74, 6) is 1.79. The molecule has 0 heterocycles. The van der Waals surface area contributed by atoms with Gasteiger partial charge in [-0.1, -0.05) is 58.6 Å². The van der Waals surface area contributed by atoms with Crippen molar-refractivity contribution in [1.29, 1.82) is 0 Å². The lowest BCUT2D eigenvalue weighted by atomic mass is 10.1. The minimum absolute atomic E-state index is 0.895. The maximum atomic E-state index is 5.26. The van der Waals surface area contributed by atoms with Crippen molar-refractivity contribution in [1.82, 2.24) is 0 Å². The van der Waals surface area contributed by atoms with E-state index in [1.54, 1.807) is 14.2 Å². The molecule has 0 aliphatic heterocycles. The van der Waals surface area contributed by atoms with E-state index >= 15 is 0 Å². The summed E-state index contributed by atoms with van der Waals surface area (Å²) in [4.78, 5) is 2.43. The third-order valence-corrected chi connectivity index (χ3v) is 4.50. The van der Waals surface area contributed by atoms with Crippen LogP contribution in [-0.2, 0) is 6.54 Å². The van der Waals surface area contributed by atoms with Gasteiger partial charge in [-0.25, -0.2) is 0 Å². The molecule has 0 amide bonds. The molecular weight excluding hydrogens is 334 g/mol. The first-order chi connectivity index (χ1) is 13.2. The van der Waals surface area contributed by atoms with E-state index in [4.69, 9.17) is 9.47 Å². The van der Waals surface area contributed by atoms with Crippen LogP contribution in [0.15, 0.2) is 48.5 Å². The van der Waals surface area contributed by atoms with E-state index in [-0.39, 0.29) is 0 Å². The van der Waals surface area contributed by atoms with Crippen LogP contribution >= 0.6 is 0 Å². The predicted molar refractivity (Wildman–Crippen MR) is 117 cm³/mol. The van der Waals surface area contributed by atoms with Crippen LogP contribution < -0.4 is 14.4 Å². The average molecular weight is 372 g/mol. The molecule has 2 aromatic rings. The monoisotopic (exact) mass is 371 g/mol. The normalized spacial score (nSPS) is 9.96. The molecule has 3 nitrogen and oxygen atoms in total. The van der Waals surface area contributed by atoms with Crippen LogP contribution in [0.5, 0.6) is 11.5 Å². The van der Waals surface area contributed by atoms with Crippen molar-refractivity contribution >= 4 is 5.69 Å². The molecule has 0 saturated carbocycles. The van der Waals surface area contributed by atoms with Gasteiger partial charge in [0.15, 0.2) is 0 Å². The lowest BCUT2D eigenvalue weighted by molar-refractivity contribution is 0.414. The molecule has 0 N–H and O–H groups in total. The Morgan fingerprint density at radius 1 is 0.667 bits per heavy atom. The Balaban J connectivity index is 0.000000828. The second kappa shape index (κ2) is 14.0. The standard InChI is InChI=1S/C20H27NO2.C4H10/c1-4-5-6-15-21(18-9-13-20(23-3)14-10-18)16-17-7-11-19(22-2)12-8-17;1-3-4-2/h7-14H,4-6,15-16H2,1-3H3;3-4H2,1-2H3. The Labute approximate surface area is 166 Å². The third-order valence-electron chi connectivity index (χ3n) is 4.50. The van der Waals surface area contributed by atoms with Gasteiger partial charge in [0.25, 0.3) is 0 Å². The van der Waals surface area contributed by atoms with Crippen molar-refractivity contribution in [2.75, 3.05) is 25.7 Å². The number of unbranched alkanes of at least 4 members (excludes halogenated alkanes) is 3. The molecule has 0 aromatic heterocycles. The van der Waals surface area contributed by atoms with E-state index in [2.05, 4.69) is 49.9 Å². The summed E-state index contributed by atoms with van der Waals surface area (Å²) in [6.07, 6.45) is 6.34. The smallest absolute Gasteiger partial charge is 0.119 e. The maximum absolute atomic E-state index is 5.26. The molecule has 27 heavy (non-hydrogen) atoms. The molecule has 2 rings (SSSR count). The van der Waals surface area contributed by atoms with Gasteiger partial charge in [-0.15, -0.1) is 0 Å². The first-order valence-corrected chi connectivity index (χ1v) is 10.2. The van der Waals surface area contributed by atoms with Crippen molar-refractivity contribution in [3.63, 3.8) is 0 Å². The molecule has 0 aliphatic rings. The first kappa shape index (κ1) is 22.9. The number of hydrogen-bond acceptors (Lipinski definition) is 3. The van der Waals surface area contributed by atoms with Crippen LogP contribution in [0.1, 0.15) is 58.4 Å². The molecule has 3 heteroatoms. The Kier molecular flexibility index (Phi) is 11.8. The summed E-state index contributed by atoms with van der Waals surface area (Å²) in [6.45, 7) is 8.56. The van der Waals surface area contributed by atoms with Gasteiger partial charge in [0, 0.05) is 18.8 Å². The highest BCUT2D eigenvalue weighted by Crippen LogP contribution is 2.22. The lowest BCUT2D eigenvalue weighted by Crippen LogP contribution is -2.23. The Bertz CT molecular complexity index is 591. The summed E-state index contributed by atoms with van der Waals surface area (Å²) < 4.78 is 10.5. The topological polar surface area (TPSA) is 21.7 Å². The molecule has 150 valence electrons. The number of anilines is 1. The zero-order valence-corrected chi connectivity index (χ0v) is 17.8. The van der Waals surface area contributed by atoms with Crippen molar-refractivity contribution in [3.05, 3.63) is 54.1 Å². The molecule has 0 fully saturated rings. The number of hydrogen-bond donors (Lipinski definition) is 0. The zero-order chi connectivity index (χ0) is 19.9. The number of benzene rings is 2. The highest BCUT2D eigenvalue weighted by Gasteiger charge is 2.08. The van der Waals surface area contributed by atoms with Gasteiger partial charge >= 0.3 is 0 Å². The number of ether oxygens (including phenoxy) is 2. The van der Waals surface area contributed by atoms with Crippen molar-refractivity contribution in [3.8, 4) is 11.5 Å². The highest BCUT2D eigenvalue weighted by molar-refractivity contribution is 5.49. The molecule has 2 aromatic carbocycles. The second-order valence-electron chi connectivity index (χ2n) is 6.67. The van der Waals surface area contributed by atoms with Gasteiger partial charge in [-0.2, -0.15) is 0 Å². The fourth-order valence-electron chi connectivity index (χ4n) is 2.60. The van der Waals surface area contributed by atoms with E-state index < -0.39 is 0 Å². The number of nitrogens with zero attached hydrogens (tertiary/aromatic N) is 1. The molecule has 0 unspecified atom stereocenters. The van der Waals surface area contributed by atoms with Gasteiger partial charge in [-0.05, 0) is 48.4 Å². The molecule has 0 aliphatic carbocycles. The van der Waals surface area contributed by atoms with Crippen LogP contribution in [0.2, 0.25) is 0 Å². The second-order valence-corrected chi connectivity index (χ2v) is 6.67. The SMILES string of the molecule is CCCC.CCCCCN(Cc1ccc(OC)cc1)c1ccc(OC)cc1. The Morgan fingerprint density at radius 3 is 1.63 bits per heavy atom. The van der Waals surface area contributed by atoms with Crippen molar-refractivity contribution in [2.45, 2.75) is 59.4 Å². The average Bonchev–Trinajstić information content (AvgIpc) is 2.74. The minimum Gasteiger partial charge on any atom is -0.497 e. The van der Waals surface area contributed by atoms with E-state index in [1.165, 1.54) is 43.4 Å². The van der Waals surface area contributed by atoms with Crippen molar-refractivity contribution < 1.29 is 9.47 Å². The Morgan fingerprint density at radius 2 is 1.19 bits per heavy atom. The fraction of sp³-hybridized carbons (Fsp3) is 0.500. The summed E-state index contributed by atoms with van der Waals surface area (Å²) >= 11 is 0. The molecule has 0 bridgehead atoms. The van der Waals surface area contributed by atoms with Gasteiger partial charge in [0.05, 0.1) is 14.2 Å². The fourth-order valence-corrected chi connectivity index (χ4v) is 2.60. The maximum Gasteiger partial charge on any atom is 0.119 e. The highest BCUT2D eigenvalue weighted by atomic mass is 16.5. The molecule has 0 atom stereocenters. The Hall–Kier alpha value is -2.16. The predicted octanol–water partition coefficient (Wildman–Crippen LogP) is 6.71. The lowest BCUT2D eigenvalue weighted by Gasteiger charge is -2.25. The van der Waals surface area contributed by atoms with Crippen LogP contribution in [0.3, 0.4) is 0 Å². The third kappa shape index (κ3) is 8.85. The van der Waals surface area contributed by atoms with E-state index in [0.29, 0.717) is 0 Å². The number of rotatable bonds is 10. The van der Waals surface area contributed by atoms with Gasteiger partial charge in [0.2, 0.25) is 0 Å². The van der Waals surface area contributed by atoms with E-state index in [0.717, 1.165) is 24.6 Å². The minimum atomic E-state index is 0.895. The summed E-state index contributed by atoms with van der Waals surface area (Å²) in [6, 6.07) is 16.6. The molecule has 0 saturated heterocycles. The van der Waals surface area contributed by atoms with Gasteiger partial charge in [-0.3, -0.25) is 0 Å². The van der Waals surface area contributed by atoms with E-state index in [1.807, 2.05) is 24.3 Å². The summed E-state index contributed by atoms with van der Waals surface area (Å²) in [5, 5.41) is 0.